The fourth-order valence-corrected chi connectivity index (χ4v) is 2.91. The Morgan fingerprint density at radius 3 is 2.86 bits per heavy atom. The summed E-state index contributed by atoms with van der Waals surface area (Å²) in [7, 11) is 1.53. The number of pyridine rings is 2. The molecular formula is C19H15Cl2N5O2. The molecule has 0 saturated heterocycles. The van der Waals surface area contributed by atoms with Crippen molar-refractivity contribution in [2.45, 2.75) is 0 Å². The van der Waals surface area contributed by atoms with E-state index in [4.69, 9.17) is 16.3 Å². The number of ether oxygens (including phenoxy) is 1. The second-order valence-corrected chi connectivity index (χ2v) is 6.12. The Balaban J connectivity index is 0.00000225. The van der Waals surface area contributed by atoms with E-state index in [1.54, 1.807) is 36.7 Å². The number of benzene rings is 1. The molecule has 0 radical (unpaired) electrons. The summed E-state index contributed by atoms with van der Waals surface area (Å²) in [5.41, 5.74) is 2.67. The van der Waals surface area contributed by atoms with Crippen molar-refractivity contribution in [3.8, 4) is 17.1 Å². The van der Waals surface area contributed by atoms with E-state index in [0.29, 0.717) is 39.0 Å². The largest absolute Gasteiger partial charge is 0.494 e. The Kier molecular flexibility index (Phi) is 5.77. The lowest BCUT2D eigenvalue weighted by atomic mass is 10.2. The standard InChI is InChI=1S/C19H14ClN5O2.ClH/c1-27-15-6-7-21-10-14(15)23-19(26)13-5-8-22-18-16(13)24-17(25-18)11-3-2-4-12(20)9-11;/h2-10H,1H3,(H,23,26)(H,22,24,25);1H. The minimum absolute atomic E-state index is 0. The quantitative estimate of drug-likeness (QED) is 0.516. The predicted molar refractivity (Wildman–Crippen MR) is 110 cm³/mol. The van der Waals surface area contributed by atoms with Gasteiger partial charge in [0.1, 0.15) is 17.3 Å². The highest BCUT2D eigenvalue weighted by atomic mass is 35.5. The van der Waals surface area contributed by atoms with E-state index in [1.165, 1.54) is 13.3 Å². The molecule has 7 nitrogen and oxygen atoms in total. The molecule has 3 aromatic heterocycles. The van der Waals surface area contributed by atoms with Crippen LogP contribution in [-0.2, 0) is 0 Å². The number of nitrogens with zero attached hydrogens (tertiary/aromatic N) is 3. The second kappa shape index (κ2) is 8.24. The van der Waals surface area contributed by atoms with Crippen molar-refractivity contribution >= 4 is 46.8 Å². The minimum atomic E-state index is -0.324. The predicted octanol–water partition coefficient (Wildman–Crippen LogP) is 4.36. The average molecular weight is 416 g/mol. The number of halogens is 2. The third kappa shape index (κ3) is 3.76. The first kappa shape index (κ1) is 19.6. The number of aromatic amines is 1. The summed E-state index contributed by atoms with van der Waals surface area (Å²) >= 11 is 6.05. The van der Waals surface area contributed by atoms with E-state index < -0.39 is 0 Å². The monoisotopic (exact) mass is 415 g/mol. The van der Waals surface area contributed by atoms with Gasteiger partial charge in [-0.1, -0.05) is 23.7 Å². The molecule has 28 heavy (non-hydrogen) atoms. The number of aromatic nitrogens is 4. The number of hydrogen-bond donors (Lipinski definition) is 2. The second-order valence-electron chi connectivity index (χ2n) is 5.68. The van der Waals surface area contributed by atoms with Crippen LogP contribution in [0.15, 0.2) is 55.0 Å². The molecule has 0 aliphatic rings. The summed E-state index contributed by atoms with van der Waals surface area (Å²) in [5, 5.41) is 3.40. The van der Waals surface area contributed by atoms with Crippen LogP contribution < -0.4 is 10.1 Å². The number of carbonyl (C=O) groups is 1. The first-order valence-electron chi connectivity index (χ1n) is 8.05. The highest BCUT2D eigenvalue weighted by Gasteiger charge is 2.16. The van der Waals surface area contributed by atoms with Crippen LogP contribution in [0.5, 0.6) is 5.75 Å². The van der Waals surface area contributed by atoms with Gasteiger partial charge in [0.25, 0.3) is 5.91 Å². The van der Waals surface area contributed by atoms with Gasteiger partial charge in [-0.05, 0) is 18.2 Å². The minimum Gasteiger partial charge on any atom is -0.494 e. The van der Waals surface area contributed by atoms with Crippen molar-refractivity contribution in [3.05, 3.63) is 65.6 Å². The Hall–Kier alpha value is -3.16. The van der Waals surface area contributed by atoms with Crippen molar-refractivity contribution in [1.82, 2.24) is 19.9 Å². The van der Waals surface area contributed by atoms with Crippen LogP contribution in [0.2, 0.25) is 5.02 Å². The summed E-state index contributed by atoms with van der Waals surface area (Å²) in [6, 6.07) is 10.6. The molecule has 0 spiro atoms. The first-order valence-corrected chi connectivity index (χ1v) is 8.43. The number of anilines is 1. The number of carbonyl (C=O) groups excluding carboxylic acids is 1. The lowest BCUT2D eigenvalue weighted by Gasteiger charge is -2.09. The summed E-state index contributed by atoms with van der Waals surface area (Å²) in [4.78, 5) is 28.7. The molecule has 0 aliphatic carbocycles. The summed E-state index contributed by atoms with van der Waals surface area (Å²) in [6.07, 6.45) is 4.66. The van der Waals surface area contributed by atoms with Crippen molar-refractivity contribution < 1.29 is 9.53 Å². The van der Waals surface area contributed by atoms with Gasteiger partial charge in [-0.15, -0.1) is 12.4 Å². The summed E-state index contributed by atoms with van der Waals surface area (Å²) in [6.45, 7) is 0. The maximum absolute atomic E-state index is 12.8. The topological polar surface area (TPSA) is 92.8 Å². The molecule has 9 heteroatoms. The Morgan fingerprint density at radius 1 is 1.21 bits per heavy atom. The zero-order valence-electron chi connectivity index (χ0n) is 14.6. The van der Waals surface area contributed by atoms with Crippen LogP contribution >= 0.6 is 24.0 Å². The zero-order valence-corrected chi connectivity index (χ0v) is 16.2. The third-order valence-electron chi connectivity index (χ3n) is 3.98. The fourth-order valence-electron chi connectivity index (χ4n) is 2.72. The van der Waals surface area contributed by atoms with E-state index in [2.05, 4.69) is 25.3 Å². The number of rotatable bonds is 4. The maximum atomic E-state index is 12.8. The van der Waals surface area contributed by atoms with Gasteiger partial charge in [-0.3, -0.25) is 9.78 Å². The van der Waals surface area contributed by atoms with E-state index in [1.807, 2.05) is 12.1 Å². The van der Waals surface area contributed by atoms with Gasteiger partial charge in [0, 0.05) is 29.0 Å². The van der Waals surface area contributed by atoms with Gasteiger partial charge >= 0.3 is 0 Å². The molecule has 142 valence electrons. The summed E-state index contributed by atoms with van der Waals surface area (Å²) in [5.74, 6) is 0.780. The molecule has 4 aromatic rings. The van der Waals surface area contributed by atoms with E-state index in [-0.39, 0.29) is 18.3 Å². The molecule has 1 amide bonds. The van der Waals surface area contributed by atoms with Crippen molar-refractivity contribution in [3.63, 3.8) is 0 Å². The van der Waals surface area contributed by atoms with Gasteiger partial charge in [-0.25, -0.2) is 9.97 Å². The van der Waals surface area contributed by atoms with E-state index in [0.717, 1.165) is 5.56 Å². The van der Waals surface area contributed by atoms with E-state index in [9.17, 15) is 4.79 Å². The number of amides is 1. The van der Waals surface area contributed by atoms with Gasteiger partial charge in [0.05, 0.1) is 24.4 Å². The van der Waals surface area contributed by atoms with Crippen LogP contribution in [0.25, 0.3) is 22.6 Å². The fraction of sp³-hybridized carbons (Fsp3) is 0.0526. The smallest absolute Gasteiger partial charge is 0.258 e. The highest BCUT2D eigenvalue weighted by Crippen LogP contribution is 2.26. The molecule has 3 heterocycles. The number of hydrogen-bond acceptors (Lipinski definition) is 5. The van der Waals surface area contributed by atoms with Crippen molar-refractivity contribution in [1.29, 1.82) is 0 Å². The van der Waals surface area contributed by atoms with Crippen LogP contribution in [0.1, 0.15) is 10.4 Å². The van der Waals surface area contributed by atoms with Crippen LogP contribution in [0, 0.1) is 0 Å². The molecule has 0 aliphatic heterocycles. The number of H-pyrrole nitrogens is 1. The molecule has 4 rings (SSSR count). The summed E-state index contributed by atoms with van der Waals surface area (Å²) < 4.78 is 5.24. The molecule has 0 unspecified atom stereocenters. The molecule has 2 N–H and O–H groups in total. The highest BCUT2D eigenvalue weighted by molar-refractivity contribution is 6.30. The SMILES string of the molecule is COc1ccncc1NC(=O)c1ccnc2nc(-c3cccc(Cl)c3)[nH]c12.Cl. The van der Waals surface area contributed by atoms with Gasteiger partial charge < -0.3 is 15.0 Å². The van der Waals surface area contributed by atoms with Crippen LogP contribution in [0.3, 0.4) is 0 Å². The Morgan fingerprint density at radius 2 is 2.07 bits per heavy atom. The molecule has 1 aromatic carbocycles. The number of nitrogens with one attached hydrogen (secondary N) is 2. The van der Waals surface area contributed by atoms with Gasteiger partial charge in [0.2, 0.25) is 0 Å². The Labute approximate surface area is 171 Å². The first-order chi connectivity index (χ1) is 13.2. The molecule has 0 atom stereocenters. The molecule has 0 bridgehead atoms. The number of methoxy groups -OCH3 is 1. The normalized spacial score (nSPS) is 10.4. The number of fused-ring (bicyclic) bond motifs is 1. The van der Waals surface area contributed by atoms with Crippen LogP contribution in [-0.4, -0.2) is 33.0 Å². The van der Waals surface area contributed by atoms with Gasteiger partial charge in [-0.2, -0.15) is 0 Å². The average Bonchev–Trinajstić information content (AvgIpc) is 3.12. The maximum Gasteiger partial charge on any atom is 0.258 e. The zero-order chi connectivity index (χ0) is 18.8. The molecule has 0 fully saturated rings. The van der Waals surface area contributed by atoms with Crippen molar-refractivity contribution in [2.24, 2.45) is 0 Å². The number of imidazole rings is 1. The lowest BCUT2D eigenvalue weighted by Crippen LogP contribution is -2.13. The van der Waals surface area contributed by atoms with Gasteiger partial charge in [0.15, 0.2) is 5.65 Å². The Bertz CT molecular complexity index is 1150. The van der Waals surface area contributed by atoms with Crippen LogP contribution in [0.4, 0.5) is 5.69 Å². The van der Waals surface area contributed by atoms with E-state index >= 15 is 0 Å². The van der Waals surface area contributed by atoms with Crippen molar-refractivity contribution in [2.75, 3.05) is 12.4 Å². The molecule has 0 saturated carbocycles. The lowest BCUT2D eigenvalue weighted by molar-refractivity contribution is 0.102. The third-order valence-corrected chi connectivity index (χ3v) is 4.22. The molecular weight excluding hydrogens is 401 g/mol.